The van der Waals surface area contributed by atoms with Gasteiger partial charge in [-0.1, -0.05) is 0 Å². The lowest BCUT2D eigenvalue weighted by atomic mass is 10.3. The maximum absolute atomic E-state index is 5.80. The normalized spacial score (nSPS) is 23.5. The summed E-state index contributed by atoms with van der Waals surface area (Å²) in [5.74, 6) is 0. The van der Waals surface area contributed by atoms with Crippen molar-refractivity contribution in [1.82, 2.24) is 4.98 Å². The van der Waals surface area contributed by atoms with E-state index >= 15 is 0 Å². The van der Waals surface area contributed by atoms with Gasteiger partial charge in [0.25, 0.3) is 0 Å². The van der Waals surface area contributed by atoms with E-state index in [1.165, 1.54) is 0 Å². The van der Waals surface area contributed by atoms with E-state index in [1.54, 1.807) is 11.3 Å². The molecule has 0 aliphatic carbocycles. The van der Waals surface area contributed by atoms with Gasteiger partial charge in [0.15, 0.2) is 5.13 Å². The van der Waals surface area contributed by atoms with Crippen molar-refractivity contribution in [1.29, 1.82) is 0 Å². The molecule has 12 heavy (non-hydrogen) atoms. The molecule has 66 valence electrons. The minimum Gasteiger partial charge on any atom is -0.346 e. The molecule has 1 aliphatic rings. The van der Waals surface area contributed by atoms with Crippen LogP contribution in [0.1, 0.15) is 12.1 Å². The number of nitrogens with two attached hydrogens (primary N) is 1. The first-order chi connectivity index (χ1) is 5.75. The summed E-state index contributed by atoms with van der Waals surface area (Å²) in [6.45, 7) is 4.05. The summed E-state index contributed by atoms with van der Waals surface area (Å²) in [6, 6.07) is 0.342. The first-order valence-corrected chi connectivity index (χ1v) is 5.06. The Hall–Kier alpha value is -0.610. The summed E-state index contributed by atoms with van der Waals surface area (Å²) in [5.41, 5.74) is 6.91. The first-order valence-electron chi connectivity index (χ1n) is 4.18. The minimum atomic E-state index is 0.342. The molecule has 0 unspecified atom stereocenters. The molecule has 2 rings (SSSR count). The van der Waals surface area contributed by atoms with Gasteiger partial charge in [0.2, 0.25) is 0 Å². The van der Waals surface area contributed by atoms with Gasteiger partial charge in [0, 0.05) is 24.5 Å². The number of thiazole rings is 1. The van der Waals surface area contributed by atoms with Gasteiger partial charge < -0.3 is 10.6 Å². The fourth-order valence-electron chi connectivity index (χ4n) is 1.45. The molecule has 0 saturated carbocycles. The maximum atomic E-state index is 5.80. The Labute approximate surface area is 76.2 Å². The number of hydrogen-bond donors (Lipinski definition) is 1. The monoisotopic (exact) mass is 183 g/mol. The molecule has 1 aromatic rings. The fourth-order valence-corrected chi connectivity index (χ4v) is 2.29. The SMILES string of the molecule is Cc1csc(N2CC[C@@H](N)C2)n1. The number of aryl methyl sites for hydroxylation is 1. The van der Waals surface area contributed by atoms with Gasteiger partial charge in [-0.2, -0.15) is 0 Å². The van der Waals surface area contributed by atoms with Crippen LogP contribution in [0.25, 0.3) is 0 Å². The molecule has 2 N–H and O–H groups in total. The molecule has 1 atom stereocenters. The van der Waals surface area contributed by atoms with Crippen LogP contribution in [0.3, 0.4) is 0 Å². The third-order valence-electron chi connectivity index (χ3n) is 2.10. The van der Waals surface area contributed by atoms with Crippen LogP contribution in [-0.2, 0) is 0 Å². The standard InChI is InChI=1S/C8H13N3S/c1-6-5-12-8(10-6)11-3-2-7(9)4-11/h5,7H,2-4,9H2,1H3/t7-/m1/s1. The molecule has 3 nitrogen and oxygen atoms in total. The van der Waals surface area contributed by atoms with Crippen LogP contribution in [0.5, 0.6) is 0 Å². The quantitative estimate of drug-likeness (QED) is 0.706. The molecule has 0 bridgehead atoms. The first kappa shape index (κ1) is 8.01. The third-order valence-corrected chi connectivity index (χ3v) is 3.12. The van der Waals surface area contributed by atoms with Gasteiger partial charge in [-0.05, 0) is 13.3 Å². The van der Waals surface area contributed by atoms with Crippen LogP contribution in [0.4, 0.5) is 5.13 Å². The second-order valence-corrected chi connectivity index (χ2v) is 4.10. The predicted molar refractivity (Wildman–Crippen MR) is 51.7 cm³/mol. The highest BCUT2D eigenvalue weighted by molar-refractivity contribution is 7.13. The molecule has 1 fully saturated rings. The highest BCUT2D eigenvalue weighted by Gasteiger charge is 2.20. The van der Waals surface area contributed by atoms with E-state index in [0.29, 0.717) is 6.04 Å². The van der Waals surface area contributed by atoms with E-state index < -0.39 is 0 Å². The number of nitrogens with zero attached hydrogens (tertiary/aromatic N) is 2. The zero-order valence-corrected chi connectivity index (χ0v) is 7.97. The van der Waals surface area contributed by atoms with E-state index in [4.69, 9.17) is 5.73 Å². The second kappa shape index (κ2) is 3.03. The highest BCUT2D eigenvalue weighted by atomic mass is 32.1. The van der Waals surface area contributed by atoms with Crippen molar-refractivity contribution in [2.24, 2.45) is 5.73 Å². The summed E-state index contributed by atoms with van der Waals surface area (Å²) in [6.07, 6.45) is 1.10. The van der Waals surface area contributed by atoms with E-state index in [0.717, 1.165) is 30.3 Å². The van der Waals surface area contributed by atoms with Crippen molar-refractivity contribution >= 4 is 16.5 Å². The average molecular weight is 183 g/mol. The number of rotatable bonds is 1. The van der Waals surface area contributed by atoms with E-state index in [1.807, 2.05) is 6.92 Å². The van der Waals surface area contributed by atoms with Crippen LogP contribution in [0, 0.1) is 6.92 Å². The molecule has 0 spiro atoms. The zero-order valence-electron chi connectivity index (χ0n) is 7.16. The topological polar surface area (TPSA) is 42.1 Å². The van der Waals surface area contributed by atoms with Crippen molar-refractivity contribution in [3.05, 3.63) is 11.1 Å². The highest BCUT2D eigenvalue weighted by Crippen LogP contribution is 2.23. The molecule has 1 aromatic heterocycles. The Kier molecular flexibility index (Phi) is 2.02. The van der Waals surface area contributed by atoms with Crippen molar-refractivity contribution in [3.8, 4) is 0 Å². The summed E-state index contributed by atoms with van der Waals surface area (Å²) in [5, 5.41) is 3.21. The molecule has 4 heteroatoms. The molecule has 1 saturated heterocycles. The molecule has 2 heterocycles. The number of aromatic nitrogens is 1. The van der Waals surface area contributed by atoms with Crippen molar-refractivity contribution in [3.63, 3.8) is 0 Å². The molecule has 0 radical (unpaired) electrons. The van der Waals surface area contributed by atoms with Crippen LogP contribution in [0.2, 0.25) is 0 Å². The lowest BCUT2D eigenvalue weighted by Crippen LogP contribution is -2.26. The zero-order chi connectivity index (χ0) is 8.55. The fraction of sp³-hybridized carbons (Fsp3) is 0.625. The second-order valence-electron chi connectivity index (χ2n) is 3.27. The lowest BCUT2D eigenvalue weighted by Gasteiger charge is -2.12. The lowest BCUT2D eigenvalue weighted by molar-refractivity contribution is 0.752. The molecule has 1 aliphatic heterocycles. The predicted octanol–water partition coefficient (Wildman–Crippen LogP) is 0.989. The van der Waals surface area contributed by atoms with Gasteiger partial charge in [-0.25, -0.2) is 4.98 Å². The summed E-state index contributed by atoms with van der Waals surface area (Å²) >= 11 is 1.71. The molecule has 0 aromatic carbocycles. The average Bonchev–Trinajstić information content (AvgIpc) is 2.58. The minimum absolute atomic E-state index is 0.342. The summed E-state index contributed by atoms with van der Waals surface area (Å²) in [7, 11) is 0. The van der Waals surface area contributed by atoms with Gasteiger partial charge in [-0.3, -0.25) is 0 Å². The van der Waals surface area contributed by atoms with Crippen LogP contribution in [0.15, 0.2) is 5.38 Å². The van der Waals surface area contributed by atoms with E-state index in [9.17, 15) is 0 Å². The Bertz CT molecular complexity index is 271. The summed E-state index contributed by atoms with van der Waals surface area (Å²) < 4.78 is 0. The van der Waals surface area contributed by atoms with Crippen molar-refractivity contribution in [2.45, 2.75) is 19.4 Å². The maximum Gasteiger partial charge on any atom is 0.185 e. The Morgan fingerprint density at radius 2 is 2.58 bits per heavy atom. The van der Waals surface area contributed by atoms with Crippen LogP contribution < -0.4 is 10.6 Å². The van der Waals surface area contributed by atoms with Crippen molar-refractivity contribution in [2.75, 3.05) is 18.0 Å². The molecular formula is C8H13N3S. The molecular weight excluding hydrogens is 170 g/mol. The third kappa shape index (κ3) is 1.44. The smallest absolute Gasteiger partial charge is 0.185 e. The number of hydrogen-bond acceptors (Lipinski definition) is 4. The van der Waals surface area contributed by atoms with Crippen LogP contribution >= 0.6 is 11.3 Å². The molecule has 0 amide bonds. The van der Waals surface area contributed by atoms with E-state index in [2.05, 4.69) is 15.3 Å². The van der Waals surface area contributed by atoms with Gasteiger partial charge in [-0.15, -0.1) is 11.3 Å². The van der Waals surface area contributed by atoms with Gasteiger partial charge in [0.05, 0.1) is 5.69 Å². The van der Waals surface area contributed by atoms with Crippen LogP contribution in [-0.4, -0.2) is 24.1 Å². The van der Waals surface area contributed by atoms with Crippen molar-refractivity contribution < 1.29 is 0 Å². The summed E-state index contributed by atoms with van der Waals surface area (Å²) in [4.78, 5) is 6.68. The number of anilines is 1. The van der Waals surface area contributed by atoms with Gasteiger partial charge in [0.1, 0.15) is 0 Å². The Morgan fingerprint density at radius 1 is 1.75 bits per heavy atom. The Balaban J connectivity index is 2.11. The van der Waals surface area contributed by atoms with Gasteiger partial charge >= 0.3 is 0 Å². The largest absolute Gasteiger partial charge is 0.346 e. The van der Waals surface area contributed by atoms with E-state index in [-0.39, 0.29) is 0 Å². The Morgan fingerprint density at radius 3 is 3.08 bits per heavy atom.